The predicted octanol–water partition coefficient (Wildman–Crippen LogP) is 3.56. The van der Waals surface area contributed by atoms with Gasteiger partial charge in [-0.2, -0.15) is 11.8 Å². The lowest BCUT2D eigenvalue weighted by atomic mass is 10.1. The van der Waals surface area contributed by atoms with Crippen LogP contribution < -0.4 is 5.32 Å². The van der Waals surface area contributed by atoms with E-state index in [0.717, 1.165) is 5.56 Å². The molecule has 5 heteroatoms. The molecule has 0 aliphatic heterocycles. The summed E-state index contributed by atoms with van der Waals surface area (Å²) in [5.74, 6) is 0.687. The Morgan fingerprint density at radius 2 is 1.77 bits per heavy atom. The number of carbonyl (C=O) groups is 1. The summed E-state index contributed by atoms with van der Waals surface area (Å²) < 4.78 is 26.1. The SMILES string of the molecule is O=C(Cc1ccc(F)cc1)NCCSCc1ccccc1F. The molecule has 2 rings (SSSR count). The lowest BCUT2D eigenvalue weighted by molar-refractivity contribution is -0.120. The van der Waals surface area contributed by atoms with Gasteiger partial charge in [-0.05, 0) is 29.3 Å². The van der Waals surface area contributed by atoms with Gasteiger partial charge in [-0.25, -0.2) is 8.78 Å². The molecule has 0 bridgehead atoms. The number of rotatable bonds is 7. The molecule has 0 unspecified atom stereocenters. The molecule has 0 aliphatic carbocycles. The zero-order valence-electron chi connectivity index (χ0n) is 12.0. The Bertz CT molecular complexity index is 616. The summed E-state index contributed by atoms with van der Waals surface area (Å²) in [4.78, 5) is 11.7. The number of carbonyl (C=O) groups excluding carboxylic acids is 1. The molecular weight excluding hydrogens is 304 g/mol. The molecule has 0 heterocycles. The second kappa shape index (κ2) is 8.54. The summed E-state index contributed by atoms with van der Waals surface area (Å²) in [5.41, 5.74) is 1.45. The van der Waals surface area contributed by atoms with Gasteiger partial charge in [0, 0.05) is 18.1 Å². The summed E-state index contributed by atoms with van der Waals surface area (Å²) in [7, 11) is 0. The van der Waals surface area contributed by atoms with Crippen LogP contribution in [-0.4, -0.2) is 18.2 Å². The smallest absolute Gasteiger partial charge is 0.224 e. The molecule has 2 aromatic carbocycles. The van der Waals surface area contributed by atoms with Crippen molar-refractivity contribution in [3.05, 3.63) is 71.3 Å². The van der Waals surface area contributed by atoms with Crippen molar-refractivity contribution in [3.63, 3.8) is 0 Å². The van der Waals surface area contributed by atoms with Crippen molar-refractivity contribution in [2.75, 3.05) is 12.3 Å². The maximum atomic E-state index is 13.4. The van der Waals surface area contributed by atoms with Gasteiger partial charge < -0.3 is 5.32 Å². The molecular formula is C17H17F2NOS. The molecule has 116 valence electrons. The van der Waals surface area contributed by atoms with Crippen LogP contribution >= 0.6 is 11.8 Å². The predicted molar refractivity (Wildman–Crippen MR) is 85.7 cm³/mol. The van der Waals surface area contributed by atoms with Crippen molar-refractivity contribution in [2.45, 2.75) is 12.2 Å². The normalized spacial score (nSPS) is 10.5. The molecule has 0 fully saturated rings. The van der Waals surface area contributed by atoms with Gasteiger partial charge in [0.1, 0.15) is 11.6 Å². The topological polar surface area (TPSA) is 29.1 Å². The van der Waals surface area contributed by atoms with Crippen LogP contribution in [0.1, 0.15) is 11.1 Å². The minimum atomic E-state index is -0.311. The monoisotopic (exact) mass is 321 g/mol. The van der Waals surface area contributed by atoms with Gasteiger partial charge in [-0.15, -0.1) is 0 Å². The van der Waals surface area contributed by atoms with Crippen molar-refractivity contribution >= 4 is 17.7 Å². The molecule has 0 radical (unpaired) electrons. The Morgan fingerprint density at radius 3 is 2.50 bits per heavy atom. The zero-order valence-corrected chi connectivity index (χ0v) is 12.8. The van der Waals surface area contributed by atoms with Crippen LogP contribution in [0.15, 0.2) is 48.5 Å². The maximum absolute atomic E-state index is 13.4. The van der Waals surface area contributed by atoms with E-state index in [0.29, 0.717) is 23.6 Å². The second-order valence-electron chi connectivity index (χ2n) is 4.80. The number of halogens is 2. The first-order chi connectivity index (χ1) is 10.6. The van der Waals surface area contributed by atoms with Crippen LogP contribution in [0.3, 0.4) is 0 Å². The van der Waals surface area contributed by atoms with E-state index in [-0.39, 0.29) is 24.0 Å². The highest BCUT2D eigenvalue weighted by Crippen LogP contribution is 2.14. The highest BCUT2D eigenvalue weighted by Gasteiger charge is 2.04. The summed E-state index contributed by atoms with van der Waals surface area (Å²) in [6.45, 7) is 0.527. The highest BCUT2D eigenvalue weighted by molar-refractivity contribution is 7.98. The van der Waals surface area contributed by atoms with Crippen LogP contribution in [0.2, 0.25) is 0 Å². The Kier molecular flexibility index (Phi) is 6.40. The third-order valence-corrected chi connectivity index (χ3v) is 4.07. The third kappa shape index (κ3) is 5.48. The standard InChI is InChI=1S/C17H17F2NOS/c18-15-7-5-13(6-8-15)11-17(21)20-9-10-22-12-14-3-1-2-4-16(14)19/h1-8H,9-12H2,(H,20,21). The quantitative estimate of drug-likeness (QED) is 0.790. The van der Waals surface area contributed by atoms with E-state index in [4.69, 9.17) is 0 Å². The van der Waals surface area contributed by atoms with Crippen LogP contribution in [0.25, 0.3) is 0 Å². The lowest BCUT2D eigenvalue weighted by Gasteiger charge is -2.06. The van der Waals surface area contributed by atoms with E-state index in [1.165, 1.54) is 18.2 Å². The van der Waals surface area contributed by atoms with Gasteiger partial charge in [0.05, 0.1) is 6.42 Å². The zero-order chi connectivity index (χ0) is 15.8. The Morgan fingerprint density at radius 1 is 1.05 bits per heavy atom. The maximum Gasteiger partial charge on any atom is 0.224 e. The van der Waals surface area contributed by atoms with Crippen molar-refractivity contribution in [3.8, 4) is 0 Å². The van der Waals surface area contributed by atoms with Crippen molar-refractivity contribution in [1.82, 2.24) is 5.32 Å². The molecule has 1 N–H and O–H groups in total. The van der Waals surface area contributed by atoms with Gasteiger partial charge >= 0.3 is 0 Å². The molecule has 0 saturated carbocycles. The molecule has 2 aromatic rings. The van der Waals surface area contributed by atoms with Gasteiger partial charge in [-0.3, -0.25) is 4.79 Å². The van der Waals surface area contributed by atoms with Gasteiger partial charge in [0.2, 0.25) is 5.91 Å². The average molecular weight is 321 g/mol. The first kappa shape index (κ1) is 16.5. The Balaban J connectivity index is 1.63. The number of nitrogens with one attached hydrogen (secondary N) is 1. The number of hydrogen-bond donors (Lipinski definition) is 1. The fourth-order valence-corrected chi connectivity index (χ4v) is 2.76. The van der Waals surface area contributed by atoms with E-state index in [2.05, 4.69) is 5.32 Å². The minimum Gasteiger partial charge on any atom is -0.355 e. The highest BCUT2D eigenvalue weighted by atomic mass is 32.2. The number of thioether (sulfide) groups is 1. The van der Waals surface area contributed by atoms with Crippen LogP contribution in [0.5, 0.6) is 0 Å². The summed E-state index contributed by atoms with van der Waals surface area (Å²) in [6.07, 6.45) is 0.234. The van der Waals surface area contributed by atoms with Crippen LogP contribution in [0.4, 0.5) is 8.78 Å². The molecule has 0 atom stereocenters. The fraction of sp³-hybridized carbons (Fsp3) is 0.235. The van der Waals surface area contributed by atoms with Crippen molar-refractivity contribution in [1.29, 1.82) is 0 Å². The molecule has 0 aliphatic rings. The summed E-state index contributed by atoms with van der Waals surface area (Å²) in [5, 5.41) is 2.80. The van der Waals surface area contributed by atoms with E-state index < -0.39 is 0 Å². The van der Waals surface area contributed by atoms with Gasteiger partial charge in [0.15, 0.2) is 0 Å². The molecule has 0 saturated heterocycles. The molecule has 22 heavy (non-hydrogen) atoms. The van der Waals surface area contributed by atoms with Crippen LogP contribution in [0, 0.1) is 11.6 Å². The van der Waals surface area contributed by atoms with Gasteiger partial charge in [-0.1, -0.05) is 30.3 Å². The number of amides is 1. The first-order valence-electron chi connectivity index (χ1n) is 6.97. The number of benzene rings is 2. The van der Waals surface area contributed by atoms with Crippen molar-refractivity contribution < 1.29 is 13.6 Å². The van der Waals surface area contributed by atoms with Crippen molar-refractivity contribution in [2.24, 2.45) is 0 Å². The van der Waals surface area contributed by atoms with E-state index >= 15 is 0 Å². The largest absolute Gasteiger partial charge is 0.355 e. The summed E-state index contributed by atoms with van der Waals surface area (Å²) >= 11 is 1.57. The van der Waals surface area contributed by atoms with E-state index in [1.54, 1.807) is 36.0 Å². The Hall–Kier alpha value is -1.88. The van der Waals surface area contributed by atoms with Gasteiger partial charge in [0.25, 0.3) is 0 Å². The van der Waals surface area contributed by atoms with Crippen LogP contribution in [-0.2, 0) is 17.0 Å². The molecule has 1 amide bonds. The second-order valence-corrected chi connectivity index (χ2v) is 5.90. The average Bonchev–Trinajstić information content (AvgIpc) is 2.51. The molecule has 0 spiro atoms. The molecule has 2 nitrogen and oxygen atoms in total. The Labute approximate surface area is 132 Å². The van der Waals surface area contributed by atoms with E-state index in [9.17, 15) is 13.6 Å². The number of hydrogen-bond acceptors (Lipinski definition) is 2. The van der Waals surface area contributed by atoms with E-state index in [1.807, 2.05) is 6.07 Å². The lowest BCUT2D eigenvalue weighted by Crippen LogP contribution is -2.27. The third-order valence-electron chi connectivity index (χ3n) is 3.06. The fourth-order valence-electron chi connectivity index (χ4n) is 1.91. The minimum absolute atomic E-state index is 0.0990. The molecule has 0 aromatic heterocycles. The summed E-state index contributed by atoms with van der Waals surface area (Å²) in [6, 6.07) is 12.6. The first-order valence-corrected chi connectivity index (χ1v) is 8.13.